The maximum Gasteiger partial charge on any atom is 0.407 e. The molecule has 1 unspecified atom stereocenters. The number of alkyl halides is 3. The normalized spacial score (nSPS) is 13.2. The summed E-state index contributed by atoms with van der Waals surface area (Å²) in [6, 6.07) is -1.30. The van der Waals surface area contributed by atoms with Gasteiger partial charge in [-0.1, -0.05) is 0 Å². The Morgan fingerprint density at radius 1 is 1.12 bits per heavy atom. The molecule has 0 aliphatic heterocycles. The van der Waals surface area contributed by atoms with Crippen LogP contribution in [0.1, 0.15) is 11.6 Å². The van der Waals surface area contributed by atoms with Crippen LogP contribution in [0.25, 0.3) is 0 Å². The first-order chi connectivity index (χ1) is 6.73. The fourth-order valence-corrected chi connectivity index (χ4v) is 1.17. The maximum atomic E-state index is 12.9. The van der Waals surface area contributed by atoms with Crippen molar-refractivity contribution >= 4 is 28.3 Å². The van der Waals surface area contributed by atoms with Gasteiger partial charge < -0.3 is 5.73 Å². The van der Waals surface area contributed by atoms with E-state index in [1.165, 1.54) is 0 Å². The van der Waals surface area contributed by atoms with E-state index >= 15 is 0 Å². The zero-order valence-corrected chi connectivity index (χ0v) is 9.89. The van der Waals surface area contributed by atoms with Crippen molar-refractivity contribution in [3.63, 3.8) is 0 Å². The molecule has 1 aromatic carbocycles. The minimum absolute atomic E-state index is 0. The van der Waals surface area contributed by atoms with Crippen LogP contribution in [0, 0.1) is 11.6 Å². The van der Waals surface area contributed by atoms with E-state index in [4.69, 9.17) is 5.73 Å². The molecule has 0 spiro atoms. The molecule has 92 valence electrons. The zero-order chi connectivity index (χ0) is 11.8. The van der Waals surface area contributed by atoms with Gasteiger partial charge >= 0.3 is 6.18 Å². The second-order valence-electron chi connectivity index (χ2n) is 2.82. The van der Waals surface area contributed by atoms with Crippen LogP contribution in [0.4, 0.5) is 22.0 Å². The highest BCUT2D eigenvalue weighted by Gasteiger charge is 2.38. The Balaban J connectivity index is 0.00000225. The molecule has 0 amide bonds. The van der Waals surface area contributed by atoms with E-state index in [0.29, 0.717) is 12.1 Å². The van der Waals surface area contributed by atoms with Gasteiger partial charge in [0, 0.05) is 0 Å². The van der Waals surface area contributed by atoms with Crippen molar-refractivity contribution in [2.45, 2.75) is 12.2 Å². The highest BCUT2D eigenvalue weighted by Crippen LogP contribution is 2.32. The summed E-state index contributed by atoms with van der Waals surface area (Å²) in [5.41, 5.74) is 4.13. The molecule has 0 aromatic heterocycles. The van der Waals surface area contributed by atoms with Crippen molar-refractivity contribution in [2.75, 3.05) is 0 Å². The number of hydrogen-bond acceptors (Lipinski definition) is 1. The SMILES string of the molecule is Cl.NC(c1cc(F)c(Br)c(F)c1)C(F)(F)F. The Bertz CT molecular complexity index is 358. The molecule has 1 aromatic rings. The first kappa shape index (κ1) is 15.6. The molecule has 0 bridgehead atoms. The van der Waals surface area contributed by atoms with Crippen molar-refractivity contribution in [2.24, 2.45) is 5.73 Å². The van der Waals surface area contributed by atoms with Crippen LogP contribution in [0.2, 0.25) is 0 Å². The average Bonchev–Trinajstić information content (AvgIpc) is 2.10. The summed E-state index contributed by atoms with van der Waals surface area (Å²) in [5.74, 6) is -2.24. The van der Waals surface area contributed by atoms with Gasteiger partial charge in [0.05, 0.1) is 4.47 Å². The highest BCUT2D eigenvalue weighted by atomic mass is 79.9. The molecule has 0 radical (unpaired) electrons. The van der Waals surface area contributed by atoms with E-state index in [-0.39, 0.29) is 12.4 Å². The molecule has 0 aliphatic rings. The first-order valence-electron chi connectivity index (χ1n) is 3.70. The minimum Gasteiger partial charge on any atom is -0.316 e. The second kappa shape index (κ2) is 5.29. The molecule has 1 nitrogen and oxygen atoms in total. The van der Waals surface area contributed by atoms with Crippen molar-refractivity contribution < 1.29 is 22.0 Å². The van der Waals surface area contributed by atoms with Gasteiger partial charge in [-0.2, -0.15) is 13.2 Å². The monoisotopic (exact) mass is 325 g/mol. The van der Waals surface area contributed by atoms with E-state index in [1.807, 2.05) is 0 Å². The van der Waals surface area contributed by atoms with Gasteiger partial charge in [0.15, 0.2) is 0 Å². The number of hydrogen-bond donors (Lipinski definition) is 1. The fraction of sp³-hybridized carbons (Fsp3) is 0.250. The summed E-state index contributed by atoms with van der Waals surface area (Å²) in [4.78, 5) is 0. The minimum atomic E-state index is -4.73. The van der Waals surface area contributed by atoms with E-state index in [2.05, 4.69) is 15.9 Å². The van der Waals surface area contributed by atoms with Gasteiger partial charge in [-0.25, -0.2) is 8.78 Å². The van der Waals surface area contributed by atoms with Crippen LogP contribution in [-0.2, 0) is 0 Å². The van der Waals surface area contributed by atoms with Crippen molar-refractivity contribution in [1.29, 1.82) is 0 Å². The van der Waals surface area contributed by atoms with Crippen molar-refractivity contribution in [3.05, 3.63) is 33.8 Å². The molecule has 0 saturated heterocycles. The smallest absolute Gasteiger partial charge is 0.316 e. The third-order valence-corrected chi connectivity index (χ3v) is 2.48. The van der Waals surface area contributed by atoms with Gasteiger partial charge in [-0.05, 0) is 33.6 Å². The maximum absolute atomic E-state index is 12.9. The first-order valence-corrected chi connectivity index (χ1v) is 4.49. The topological polar surface area (TPSA) is 26.0 Å². The third-order valence-electron chi connectivity index (χ3n) is 1.72. The Hall–Kier alpha value is -0.400. The number of benzene rings is 1. The van der Waals surface area contributed by atoms with Crippen LogP contribution in [0.3, 0.4) is 0 Å². The van der Waals surface area contributed by atoms with Gasteiger partial charge in [0.1, 0.15) is 17.7 Å². The summed E-state index contributed by atoms with van der Waals surface area (Å²) < 4.78 is 61.6. The zero-order valence-electron chi connectivity index (χ0n) is 7.49. The fourth-order valence-electron chi connectivity index (χ4n) is 0.944. The lowest BCUT2D eigenvalue weighted by molar-refractivity contribution is -0.149. The van der Waals surface area contributed by atoms with Crippen LogP contribution in [0.15, 0.2) is 16.6 Å². The van der Waals surface area contributed by atoms with Crippen molar-refractivity contribution in [1.82, 2.24) is 0 Å². The largest absolute Gasteiger partial charge is 0.407 e. The lowest BCUT2D eigenvalue weighted by Crippen LogP contribution is -2.28. The van der Waals surface area contributed by atoms with E-state index in [0.717, 1.165) is 0 Å². The number of nitrogens with two attached hydrogens (primary N) is 1. The lowest BCUT2D eigenvalue weighted by atomic mass is 10.1. The van der Waals surface area contributed by atoms with E-state index in [1.54, 1.807) is 0 Å². The predicted octanol–water partition coefficient (Wildman–Crippen LogP) is 3.71. The van der Waals surface area contributed by atoms with Crippen LogP contribution < -0.4 is 5.73 Å². The van der Waals surface area contributed by atoms with Gasteiger partial charge in [-0.3, -0.25) is 0 Å². The summed E-state index contributed by atoms with van der Waals surface area (Å²) in [6.07, 6.45) is -4.73. The van der Waals surface area contributed by atoms with E-state index < -0.39 is 33.9 Å². The highest BCUT2D eigenvalue weighted by molar-refractivity contribution is 9.10. The molecule has 16 heavy (non-hydrogen) atoms. The molecule has 1 atom stereocenters. The number of halogens is 7. The molecule has 0 fully saturated rings. The lowest BCUT2D eigenvalue weighted by Gasteiger charge is -2.16. The quantitative estimate of drug-likeness (QED) is 0.618. The standard InChI is InChI=1S/C8H5BrF5N.ClH/c9-6-4(10)1-3(2-5(6)11)7(15)8(12,13)14;/h1-2,7H,15H2;1H. The molecule has 0 aliphatic carbocycles. The summed E-state index contributed by atoms with van der Waals surface area (Å²) in [5, 5.41) is 0. The molecule has 0 heterocycles. The van der Waals surface area contributed by atoms with Gasteiger partial charge in [0.2, 0.25) is 0 Å². The van der Waals surface area contributed by atoms with Crippen molar-refractivity contribution in [3.8, 4) is 0 Å². The second-order valence-corrected chi connectivity index (χ2v) is 3.61. The third kappa shape index (κ3) is 3.29. The Labute approximate surface area is 102 Å². The molecular formula is C8H6BrClF5N. The van der Waals surface area contributed by atoms with Crippen LogP contribution >= 0.6 is 28.3 Å². The molecule has 1 rings (SSSR count). The molecular weight excluding hydrogens is 320 g/mol. The molecule has 0 saturated carbocycles. The predicted molar refractivity (Wildman–Crippen MR) is 54.3 cm³/mol. The number of rotatable bonds is 1. The Kier molecular flexibility index (Phi) is 5.15. The summed E-state index contributed by atoms with van der Waals surface area (Å²) in [6.45, 7) is 0. The van der Waals surface area contributed by atoms with Gasteiger partial charge in [-0.15, -0.1) is 12.4 Å². The van der Waals surface area contributed by atoms with E-state index in [9.17, 15) is 22.0 Å². The molecule has 8 heteroatoms. The molecule has 2 N–H and O–H groups in total. The average molecular weight is 326 g/mol. The van der Waals surface area contributed by atoms with Crippen LogP contribution in [-0.4, -0.2) is 6.18 Å². The summed E-state index contributed by atoms with van der Waals surface area (Å²) >= 11 is 2.54. The Morgan fingerprint density at radius 2 is 1.50 bits per heavy atom. The Morgan fingerprint density at radius 3 is 1.81 bits per heavy atom. The van der Waals surface area contributed by atoms with Crippen LogP contribution in [0.5, 0.6) is 0 Å². The van der Waals surface area contributed by atoms with Gasteiger partial charge in [0.25, 0.3) is 0 Å². The summed E-state index contributed by atoms with van der Waals surface area (Å²) in [7, 11) is 0.